The van der Waals surface area contributed by atoms with Crippen LogP contribution in [0, 0.1) is 22.0 Å². The number of imide groups is 1. The maximum atomic E-state index is 13.7. The summed E-state index contributed by atoms with van der Waals surface area (Å²) in [5.41, 5.74) is 0.259. The predicted octanol–water partition coefficient (Wildman–Crippen LogP) is 3.37. The van der Waals surface area contributed by atoms with Crippen LogP contribution in [0.3, 0.4) is 0 Å². The van der Waals surface area contributed by atoms with Crippen LogP contribution in [0.25, 0.3) is 0 Å². The quantitative estimate of drug-likeness (QED) is 0.184. The van der Waals surface area contributed by atoms with E-state index in [1.807, 2.05) is 0 Å². The molecular weight excluding hydrogens is 464 g/mol. The highest BCUT2D eigenvalue weighted by Gasteiger charge is 2.64. The van der Waals surface area contributed by atoms with Gasteiger partial charge in [0.1, 0.15) is 11.8 Å². The fourth-order valence-corrected chi connectivity index (χ4v) is 5.06. The Morgan fingerprint density at radius 2 is 1.86 bits per heavy atom. The van der Waals surface area contributed by atoms with Gasteiger partial charge in [0.15, 0.2) is 5.78 Å². The molecule has 0 aromatic heterocycles. The number of nitrogens with zero attached hydrogens (tertiary/aromatic N) is 4. The molecule has 0 N–H and O–H groups in total. The summed E-state index contributed by atoms with van der Waals surface area (Å²) in [7, 11) is 0. The first-order chi connectivity index (χ1) is 17.4. The number of fused-ring (bicyclic) bond motifs is 3. The number of unbranched alkanes of at least 4 members (excludes halogenated alkanes) is 1. The zero-order chi connectivity index (χ0) is 25.4. The van der Waals surface area contributed by atoms with Gasteiger partial charge in [0.05, 0.1) is 35.1 Å². The summed E-state index contributed by atoms with van der Waals surface area (Å²) < 4.78 is 5.67. The summed E-state index contributed by atoms with van der Waals surface area (Å²) in [6.07, 6.45) is 6.86. The fraction of sp³-hybridized carbons (Fsp3) is 0.308. The summed E-state index contributed by atoms with van der Waals surface area (Å²) in [5.74, 6) is -2.54. The van der Waals surface area contributed by atoms with E-state index in [2.05, 4.69) is 12.0 Å². The van der Waals surface area contributed by atoms with Gasteiger partial charge in [-0.2, -0.15) is 5.10 Å². The molecule has 3 heterocycles. The van der Waals surface area contributed by atoms with Crippen LogP contribution < -0.4 is 9.64 Å². The van der Waals surface area contributed by atoms with Gasteiger partial charge in [0.2, 0.25) is 11.8 Å². The second-order valence-corrected chi connectivity index (χ2v) is 8.90. The minimum absolute atomic E-state index is 0.0885. The smallest absolute Gasteiger partial charge is 0.270 e. The molecule has 2 aromatic rings. The minimum atomic E-state index is -1.07. The molecule has 184 valence electrons. The highest BCUT2D eigenvalue weighted by atomic mass is 16.6. The first-order valence-electron chi connectivity index (χ1n) is 11.8. The highest BCUT2D eigenvalue weighted by Crippen LogP contribution is 2.46. The first-order valence-corrected chi connectivity index (χ1v) is 11.8. The maximum absolute atomic E-state index is 13.7. The average molecular weight is 489 g/mol. The zero-order valence-electron chi connectivity index (χ0n) is 19.5. The number of rotatable bonds is 8. The van der Waals surface area contributed by atoms with Gasteiger partial charge < -0.3 is 4.74 Å². The van der Waals surface area contributed by atoms with Gasteiger partial charge in [-0.25, -0.2) is 4.90 Å². The fourth-order valence-electron chi connectivity index (χ4n) is 5.06. The van der Waals surface area contributed by atoms with E-state index < -0.39 is 46.4 Å². The Labute approximate surface area is 207 Å². The molecule has 5 rings (SSSR count). The van der Waals surface area contributed by atoms with Crippen molar-refractivity contribution in [1.29, 1.82) is 0 Å². The molecule has 2 amide bonds. The number of hydrogen-bond donors (Lipinski definition) is 0. The SMILES string of the molecule is CCCCOc1ccc(N2C(=O)[C@@H]3[C@H](C2=O)[C@@H]2C=CC=NN2[C@@H]3C(=O)c2cccc([N+](=O)[O-])c2)cc1. The monoisotopic (exact) mass is 488 g/mol. The Morgan fingerprint density at radius 1 is 1.11 bits per heavy atom. The number of ketones is 1. The number of non-ortho nitro benzene ring substituents is 1. The lowest BCUT2D eigenvalue weighted by molar-refractivity contribution is -0.384. The van der Waals surface area contributed by atoms with Crippen LogP contribution in [-0.4, -0.2) is 52.4 Å². The first kappa shape index (κ1) is 23.4. The average Bonchev–Trinajstić information content (AvgIpc) is 3.36. The molecule has 0 spiro atoms. The lowest BCUT2D eigenvalue weighted by Gasteiger charge is -2.30. The normalized spacial score (nSPS) is 24.1. The number of carbonyl (C=O) groups excluding carboxylic acids is 3. The van der Waals surface area contributed by atoms with E-state index in [9.17, 15) is 24.5 Å². The van der Waals surface area contributed by atoms with Crippen molar-refractivity contribution in [3.05, 3.63) is 76.4 Å². The summed E-state index contributed by atoms with van der Waals surface area (Å²) in [5, 5.41) is 17.0. The molecule has 2 aromatic carbocycles. The lowest BCUT2D eigenvalue weighted by atomic mass is 9.86. The number of allylic oxidation sites excluding steroid dienone is 1. The second kappa shape index (κ2) is 9.37. The van der Waals surface area contributed by atoms with Crippen LogP contribution in [0.1, 0.15) is 30.1 Å². The van der Waals surface area contributed by atoms with E-state index in [4.69, 9.17) is 4.74 Å². The van der Waals surface area contributed by atoms with E-state index in [-0.39, 0.29) is 11.3 Å². The predicted molar refractivity (Wildman–Crippen MR) is 131 cm³/mol. The minimum Gasteiger partial charge on any atom is -0.494 e. The number of amides is 2. The number of benzene rings is 2. The lowest BCUT2D eigenvalue weighted by Crippen LogP contribution is -2.46. The summed E-state index contributed by atoms with van der Waals surface area (Å²) in [4.78, 5) is 52.6. The van der Waals surface area contributed by atoms with Crippen molar-refractivity contribution >= 4 is 35.2 Å². The number of hydrogen-bond acceptors (Lipinski definition) is 8. The van der Waals surface area contributed by atoms with Gasteiger partial charge in [-0.05, 0) is 36.8 Å². The van der Waals surface area contributed by atoms with Crippen molar-refractivity contribution in [3.63, 3.8) is 0 Å². The van der Waals surface area contributed by atoms with Crippen LogP contribution >= 0.6 is 0 Å². The van der Waals surface area contributed by atoms with Crippen LogP contribution in [0.15, 0.2) is 65.8 Å². The number of carbonyl (C=O) groups is 3. The Balaban J connectivity index is 1.47. The Morgan fingerprint density at radius 3 is 2.58 bits per heavy atom. The Bertz CT molecular complexity index is 1290. The number of hydrazone groups is 1. The standard InChI is InChI=1S/C26H24N4O6/c1-2-3-14-36-19-11-9-17(10-12-19)28-25(32)21-20-8-5-13-27-29(20)23(22(21)26(28)33)24(31)16-6-4-7-18(15-16)30(34)35/h4-13,15,20-23H,2-3,14H2,1H3/t20-,21+,22+,23-/m0/s1. The zero-order valence-corrected chi connectivity index (χ0v) is 19.5. The number of ether oxygens (including phenoxy) is 1. The van der Waals surface area contributed by atoms with Crippen molar-refractivity contribution in [2.24, 2.45) is 16.9 Å². The van der Waals surface area contributed by atoms with E-state index in [0.29, 0.717) is 18.0 Å². The molecule has 36 heavy (non-hydrogen) atoms. The molecular formula is C26H24N4O6. The van der Waals surface area contributed by atoms with Crippen molar-refractivity contribution < 1.29 is 24.0 Å². The molecule has 0 aliphatic carbocycles. The molecule has 0 saturated carbocycles. The summed E-state index contributed by atoms with van der Waals surface area (Å²) in [6.45, 7) is 2.65. The number of anilines is 1. The van der Waals surface area contributed by atoms with E-state index in [0.717, 1.165) is 17.7 Å². The van der Waals surface area contributed by atoms with E-state index >= 15 is 0 Å². The number of nitro groups is 1. The molecule has 4 atom stereocenters. The summed E-state index contributed by atoms with van der Waals surface area (Å²) >= 11 is 0. The van der Waals surface area contributed by atoms with Gasteiger partial charge in [0, 0.05) is 23.9 Å². The molecule has 0 radical (unpaired) electrons. The molecule has 10 nitrogen and oxygen atoms in total. The van der Waals surface area contributed by atoms with Crippen LogP contribution in [0.5, 0.6) is 5.75 Å². The molecule has 3 aliphatic heterocycles. The highest BCUT2D eigenvalue weighted by molar-refractivity contribution is 6.24. The van der Waals surface area contributed by atoms with Gasteiger partial charge in [-0.15, -0.1) is 0 Å². The third-order valence-corrected chi connectivity index (χ3v) is 6.76. The molecule has 2 saturated heterocycles. The third-order valence-electron chi connectivity index (χ3n) is 6.76. The maximum Gasteiger partial charge on any atom is 0.270 e. The second-order valence-electron chi connectivity index (χ2n) is 8.90. The van der Waals surface area contributed by atoms with Crippen molar-refractivity contribution in [1.82, 2.24) is 5.01 Å². The van der Waals surface area contributed by atoms with Gasteiger partial charge in [-0.3, -0.25) is 29.5 Å². The molecule has 0 unspecified atom stereocenters. The van der Waals surface area contributed by atoms with Crippen molar-refractivity contribution in [2.75, 3.05) is 11.5 Å². The van der Waals surface area contributed by atoms with E-state index in [1.54, 1.807) is 36.4 Å². The topological polar surface area (TPSA) is 122 Å². The Kier molecular flexibility index (Phi) is 6.09. The number of nitro benzene ring substituents is 1. The van der Waals surface area contributed by atoms with Gasteiger partial charge in [-0.1, -0.05) is 31.6 Å². The molecule has 10 heteroatoms. The molecule has 3 aliphatic rings. The number of Topliss-reactive ketones (excluding diaryl/α,β-unsaturated/α-hetero) is 1. The van der Waals surface area contributed by atoms with Crippen LogP contribution in [-0.2, 0) is 9.59 Å². The van der Waals surface area contributed by atoms with Crippen molar-refractivity contribution in [2.45, 2.75) is 31.8 Å². The van der Waals surface area contributed by atoms with Gasteiger partial charge >= 0.3 is 0 Å². The Hall–Kier alpha value is -4.34. The van der Waals surface area contributed by atoms with E-state index in [1.165, 1.54) is 35.5 Å². The molecule has 2 fully saturated rings. The molecule has 0 bridgehead atoms. The largest absolute Gasteiger partial charge is 0.494 e. The van der Waals surface area contributed by atoms with Crippen LogP contribution in [0.4, 0.5) is 11.4 Å². The van der Waals surface area contributed by atoms with Gasteiger partial charge in [0.25, 0.3) is 5.69 Å². The van der Waals surface area contributed by atoms with Crippen molar-refractivity contribution in [3.8, 4) is 5.75 Å². The third kappa shape index (κ3) is 3.84. The summed E-state index contributed by atoms with van der Waals surface area (Å²) in [6, 6.07) is 10.5. The van der Waals surface area contributed by atoms with Crippen LogP contribution in [0.2, 0.25) is 0 Å².